The zero-order valence-electron chi connectivity index (χ0n) is 13.0. The Morgan fingerprint density at radius 2 is 1.73 bits per heavy atom. The Balaban J connectivity index is 1.67. The number of benzene rings is 1. The van der Waals surface area contributed by atoms with Crippen molar-refractivity contribution in [3.05, 3.63) is 29.8 Å². The molecule has 4 heteroatoms. The first-order valence-corrected chi connectivity index (χ1v) is 8.42. The Kier molecular flexibility index (Phi) is 4.76. The van der Waals surface area contributed by atoms with Crippen LogP contribution in [-0.2, 0) is 4.79 Å². The fourth-order valence-electron chi connectivity index (χ4n) is 3.55. The molecule has 1 aromatic carbocycles. The molecule has 1 saturated heterocycles. The molecule has 1 aliphatic heterocycles. The molecular formula is C18H24N2O2. The van der Waals surface area contributed by atoms with Crippen LogP contribution in [0.15, 0.2) is 24.3 Å². The van der Waals surface area contributed by atoms with E-state index in [-0.39, 0.29) is 11.8 Å². The third-order valence-electron chi connectivity index (χ3n) is 4.77. The van der Waals surface area contributed by atoms with Gasteiger partial charge in [0.05, 0.1) is 11.3 Å². The van der Waals surface area contributed by atoms with Crippen molar-refractivity contribution < 1.29 is 9.59 Å². The van der Waals surface area contributed by atoms with Gasteiger partial charge in [-0.2, -0.15) is 0 Å². The molecule has 0 unspecified atom stereocenters. The second-order valence-corrected chi connectivity index (χ2v) is 6.45. The summed E-state index contributed by atoms with van der Waals surface area (Å²) in [4.78, 5) is 26.7. The molecule has 22 heavy (non-hydrogen) atoms. The minimum absolute atomic E-state index is 0.0357. The van der Waals surface area contributed by atoms with Crippen LogP contribution in [0.1, 0.15) is 55.3 Å². The van der Waals surface area contributed by atoms with Crippen LogP contribution in [-0.4, -0.2) is 29.8 Å². The van der Waals surface area contributed by atoms with Crippen molar-refractivity contribution >= 4 is 17.5 Å². The molecular weight excluding hydrogens is 276 g/mol. The molecule has 4 nitrogen and oxygen atoms in total. The number of amides is 2. The Bertz CT molecular complexity index is 544. The maximum atomic E-state index is 12.6. The van der Waals surface area contributed by atoms with Crippen molar-refractivity contribution in [2.45, 2.75) is 44.9 Å². The quantitative estimate of drug-likeness (QED) is 0.926. The van der Waals surface area contributed by atoms with Crippen molar-refractivity contribution in [1.82, 2.24) is 4.90 Å². The molecule has 1 aliphatic carbocycles. The average Bonchev–Trinajstić information content (AvgIpc) is 3.20. The zero-order chi connectivity index (χ0) is 15.4. The van der Waals surface area contributed by atoms with Gasteiger partial charge in [-0.25, -0.2) is 0 Å². The highest BCUT2D eigenvalue weighted by Gasteiger charge is 2.23. The summed E-state index contributed by atoms with van der Waals surface area (Å²) in [6.45, 7) is 1.65. The second-order valence-electron chi connectivity index (χ2n) is 6.45. The van der Waals surface area contributed by atoms with Gasteiger partial charge in [-0.3, -0.25) is 9.59 Å². The van der Waals surface area contributed by atoms with E-state index in [1.165, 1.54) is 12.8 Å². The van der Waals surface area contributed by atoms with Crippen molar-refractivity contribution in [3.8, 4) is 0 Å². The molecule has 2 fully saturated rings. The minimum atomic E-state index is 0.0357. The average molecular weight is 300 g/mol. The molecule has 0 bridgehead atoms. The van der Waals surface area contributed by atoms with Gasteiger partial charge >= 0.3 is 0 Å². The summed E-state index contributed by atoms with van der Waals surface area (Å²) in [6.07, 6.45) is 7.50. The number of carbonyl (C=O) groups excluding carboxylic acids is 2. The fraction of sp³-hybridized carbons (Fsp3) is 0.556. The first kappa shape index (κ1) is 15.1. The van der Waals surface area contributed by atoms with Crippen LogP contribution in [0, 0.1) is 5.92 Å². The number of anilines is 1. The van der Waals surface area contributed by atoms with Gasteiger partial charge in [-0.1, -0.05) is 25.0 Å². The summed E-state index contributed by atoms with van der Waals surface area (Å²) in [6, 6.07) is 7.36. The molecule has 3 rings (SSSR count). The smallest absolute Gasteiger partial charge is 0.255 e. The number of rotatable bonds is 4. The molecule has 118 valence electrons. The Morgan fingerprint density at radius 1 is 1.05 bits per heavy atom. The Hall–Kier alpha value is -1.84. The van der Waals surface area contributed by atoms with Crippen LogP contribution < -0.4 is 5.32 Å². The number of nitrogens with zero attached hydrogens (tertiary/aromatic N) is 1. The molecule has 0 radical (unpaired) electrons. The third-order valence-corrected chi connectivity index (χ3v) is 4.77. The van der Waals surface area contributed by atoms with E-state index in [9.17, 15) is 9.59 Å². The highest BCUT2D eigenvalue weighted by molar-refractivity contribution is 6.03. The predicted molar refractivity (Wildman–Crippen MR) is 86.8 cm³/mol. The topological polar surface area (TPSA) is 49.4 Å². The summed E-state index contributed by atoms with van der Waals surface area (Å²) >= 11 is 0. The molecule has 2 aliphatic rings. The van der Waals surface area contributed by atoms with Gasteiger partial charge in [0.25, 0.3) is 5.91 Å². The Labute approximate surface area is 131 Å². The number of hydrogen-bond donors (Lipinski definition) is 1. The van der Waals surface area contributed by atoms with Gasteiger partial charge in [0.2, 0.25) is 5.91 Å². The summed E-state index contributed by atoms with van der Waals surface area (Å²) < 4.78 is 0. The Morgan fingerprint density at radius 3 is 2.45 bits per heavy atom. The lowest BCUT2D eigenvalue weighted by molar-refractivity contribution is -0.117. The molecule has 1 heterocycles. The normalized spacial score (nSPS) is 18.6. The van der Waals surface area contributed by atoms with Gasteiger partial charge in [0.1, 0.15) is 0 Å². The lowest BCUT2D eigenvalue weighted by atomic mass is 10.0. The van der Waals surface area contributed by atoms with E-state index in [4.69, 9.17) is 0 Å². The van der Waals surface area contributed by atoms with Crippen molar-refractivity contribution in [3.63, 3.8) is 0 Å². The van der Waals surface area contributed by atoms with Crippen LogP contribution >= 0.6 is 0 Å². The lowest BCUT2D eigenvalue weighted by Crippen LogP contribution is -2.29. The SMILES string of the molecule is O=C(CC1CCCC1)Nc1ccccc1C(=O)N1CCCC1. The fourth-order valence-corrected chi connectivity index (χ4v) is 3.55. The van der Waals surface area contributed by atoms with E-state index >= 15 is 0 Å². The van der Waals surface area contributed by atoms with Gasteiger partial charge in [0.15, 0.2) is 0 Å². The summed E-state index contributed by atoms with van der Waals surface area (Å²) in [5.41, 5.74) is 1.27. The van der Waals surface area contributed by atoms with E-state index in [2.05, 4.69) is 5.32 Å². The molecule has 0 aromatic heterocycles. The molecule has 1 saturated carbocycles. The molecule has 2 amide bonds. The van der Waals surface area contributed by atoms with Crippen LogP contribution in [0.5, 0.6) is 0 Å². The summed E-state index contributed by atoms with van der Waals surface area (Å²) in [7, 11) is 0. The molecule has 1 N–H and O–H groups in total. The summed E-state index contributed by atoms with van der Waals surface area (Å²) in [5, 5.41) is 2.96. The van der Waals surface area contributed by atoms with Crippen molar-refractivity contribution in [1.29, 1.82) is 0 Å². The van der Waals surface area contributed by atoms with Gasteiger partial charge in [0, 0.05) is 19.5 Å². The maximum absolute atomic E-state index is 12.6. The first-order valence-electron chi connectivity index (χ1n) is 8.42. The number of para-hydroxylation sites is 1. The van der Waals surface area contributed by atoms with Crippen molar-refractivity contribution in [2.75, 3.05) is 18.4 Å². The second kappa shape index (κ2) is 6.95. The highest BCUT2D eigenvalue weighted by atomic mass is 16.2. The van der Waals surface area contributed by atoms with Crippen LogP contribution in [0.4, 0.5) is 5.69 Å². The highest BCUT2D eigenvalue weighted by Crippen LogP contribution is 2.28. The number of hydrogen-bond acceptors (Lipinski definition) is 2. The van der Waals surface area contributed by atoms with Gasteiger partial charge in [-0.15, -0.1) is 0 Å². The van der Waals surface area contributed by atoms with Crippen LogP contribution in [0.3, 0.4) is 0 Å². The third kappa shape index (κ3) is 3.49. The number of nitrogens with one attached hydrogen (secondary N) is 1. The van der Waals surface area contributed by atoms with E-state index in [0.29, 0.717) is 23.6 Å². The number of likely N-dealkylation sites (tertiary alicyclic amines) is 1. The zero-order valence-corrected chi connectivity index (χ0v) is 13.0. The minimum Gasteiger partial charge on any atom is -0.339 e. The molecule has 1 aromatic rings. The van der Waals surface area contributed by atoms with Crippen molar-refractivity contribution in [2.24, 2.45) is 5.92 Å². The first-order chi connectivity index (χ1) is 10.7. The maximum Gasteiger partial charge on any atom is 0.255 e. The molecule has 0 spiro atoms. The van der Waals surface area contributed by atoms with Gasteiger partial charge < -0.3 is 10.2 Å². The predicted octanol–water partition coefficient (Wildman–Crippen LogP) is 3.44. The molecule has 0 atom stereocenters. The monoisotopic (exact) mass is 300 g/mol. The lowest BCUT2D eigenvalue weighted by Gasteiger charge is -2.18. The van der Waals surface area contributed by atoms with Crippen LogP contribution in [0.25, 0.3) is 0 Å². The van der Waals surface area contributed by atoms with Crippen LogP contribution in [0.2, 0.25) is 0 Å². The summed E-state index contributed by atoms with van der Waals surface area (Å²) in [5.74, 6) is 0.587. The van der Waals surface area contributed by atoms with E-state index in [1.54, 1.807) is 0 Å². The van der Waals surface area contributed by atoms with E-state index < -0.39 is 0 Å². The van der Waals surface area contributed by atoms with Gasteiger partial charge in [-0.05, 0) is 43.7 Å². The van der Waals surface area contributed by atoms with E-state index in [1.807, 2.05) is 29.2 Å². The largest absolute Gasteiger partial charge is 0.339 e. The standard InChI is InChI=1S/C18H24N2O2/c21-17(13-14-7-1-2-8-14)19-16-10-4-3-9-15(16)18(22)20-11-5-6-12-20/h3-4,9-10,14H,1-2,5-8,11-13H2,(H,19,21). The number of carbonyl (C=O) groups is 2. The van der Waals surface area contributed by atoms with E-state index in [0.717, 1.165) is 38.8 Å².